The van der Waals surface area contributed by atoms with Crippen LogP contribution in [0.4, 0.5) is 17.8 Å². The van der Waals surface area contributed by atoms with E-state index in [9.17, 15) is 10.2 Å². The van der Waals surface area contributed by atoms with E-state index in [1.54, 1.807) is 9.80 Å². The second-order valence-electron chi connectivity index (χ2n) is 28.5. The fourth-order valence-corrected chi connectivity index (χ4v) is 13.0. The molecule has 0 amide bonds. The largest absolute Gasteiger partial charge is 0.376 e. The van der Waals surface area contributed by atoms with Gasteiger partial charge in [0.05, 0.1) is 0 Å². The molecule has 1 rings (SSSR count). The Morgan fingerprint density at radius 3 is 0.473 bits per heavy atom. The topological polar surface area (TPSA) is 126 Å². The van der Waals surface area contributed by atoms with E-state index in [0.717, 1.165) is 51.4 Å². The summed E-state index contributed by atoms with van der Waals surface area (Å²) >= 11 is 0. The molecule has 0 unspecified atom stereocenters. The average molecular weight is 1320 g/mol. The third kappa shape index (κ3) is 62.2. The lowest BCUT2D eigenvalue weighted by molar-refractivity contribution is 0.0800. The minimum atomic E-state index is -0.331. The highest BCUT2D eigenvalue weighted by atomic mass is 16.5. The molecule has 12 heteroatoms. The van der Waals surface area contributed by atoms with Crippen molar-refractivity contribution in [3.05, 3.63) is 0 Å². The SMILES string of the molecule is CCCCCCCCCCCCCCCCCCOCN(CO)c1nc(N(CO)COCCCCCCCCCCCCCCCCCC)nc(N(COCCCCCCCCCCCCCCCCCC)COCCCCCCCCCCCCCCCCCC)n1. The van der Waals surface area contributed by atoms with Crippen molar-refractivity contribution >= 4 is 17.8 Å². The third-order valence-corrected chi connectivity index (χ3v) is 19.3. The molecule has 1 aromatic heterocycles. The third-order valence-electron chi connectivity index (χ3n) is 19.3. The minimum Gasteiger partial charge on any atom is -0.376 e. The van der Waals surface area contributed by atoms with Crippen LogP contribution in [0.1, 0.15) is 439 Å². The van der Waals surface area contributed by atoms with Gasteiger partial charge in [0.2, 0.25) is 17.8 Å². The second kappa shape index (κ2) is 75.9. The van der Waals surface area contributed by atoms with Gasteiger partial charge >= 0.3 is 0 Å². The van der Waals surface area contributed by atoms with E-state index in [2.05, 4.69) is 27.7 Å². The maximum atomic E-state index is 10.9. The quantitative estimate of drug-likeness (QED) is 0.0476. The lowest BCUT2D eigenvalue weighted by Crippen LogP contribution is -2.36. The number of aliphatic hydroxyl groups excluding tert-OH is 2. The number of anilines is 3. The first kappa shape index (κ1) is 89.2. The number of rotatable bonds is 81. The number of unbranched alkanes of at least 4 members (excludes halogenated alkanes) is 60. The molecule has 1 heterocycles. The fourth-order valence-electron chi connectivity index (χ4n) is 13.0. The zero-order chi connectivity index (χ0) is 66.7. The first-order chi connectivity index (χ1) is 46.1. The summed E-state index contributed by atoms with van der Waals surface area (Å²) in [5.74, 6) is 0.934. The summed E-state index contributed by atoms with van der Waals surface area (Å²) in [6.45, 7) is 11.8. The molecule has 0 aromatic carbocycles. The van der Waals surface area contributed by atoms with Gasteiger partial charge in [-0.15, -0.1) is 0 Å². The number of aromatic nitrogens is 3. The maximum absolute atomic E-state index is 10.9. The maximum Gasteiger partial charge on any atom is 0.235 e. The predicted molar refractivity (Wildman–Crippen MR) is 403 cm³/mol. The molecular formula is C81H162N6O6. The normalized spacial score (nSPS) is 11.7. The summed E-state index contributed by atoms with van der Waals surface area (Å²) in [5, 5.41) is 21.7. The van der Waals surface area contributed by atoms with Gasteiger partial charge in [-0.1, -0.05) is 413 Å². The molecular weight excluding hydrogens is 1150 g/mol. The summed E-state index contributed by atoms with van der Waals surface area (Å²) in [7, 11) is 0. The van der Waals surface area contributed by atoms with Gasteiger partial charge in [-0.3, -0.25) is 14.7 Å². The molecule has 0 aliphatic rings. The van der Waals surface area contributed by atoms with Crippen molar-refractivity contribution in [2.24, 2.45) is 0 Å². The monoisotopic (exact) mass is 1320 g/mol. The number of nitrogens with zero attached hydrogens (tertiary/aromatic N) is 6. The molecule has 12 nitrogen and oxygen atoms in total. The Morgan fingerprint density at radius 2 is 0.323 bits per heavy atom. The Hall–Kier alpha value is -1.83. The highest BCUT2D eigenvalue weighted by molar-refractivity contribution is 5.45. The molecule has 2 N–H and O–H groups in total. The lowest BCUT2D eigenvalue weighted by Gasteiger charge is -2.27. The van der Waals surface area contributed by atoms with Crippen molar-refractivity contribution in [1.82, 2.24) is 15.0 Å². The van der Waals surface area contributed by atoms with Crippen LogP contribution in [0.25, 0.3) is 0 Å². The number of ether oxygens (including phenoxy) is 4. The summed E-state index contributed by atoms with van der Waals surface area (Å²) in [5.41, 5.74) is 0. The van der Waals surface area contributed by atoms with Gasteiger partial charge in [-0.05, 0) is 25.7 Å². The number of hydrogen-bond acceptors (Lipinski definition) is 12. The van der Waals surface area contributed by atoms with Crippen LogP contribution in [0.15, 0.2) is 0 Å². The van der Waals surface area contributed by atoms with Crippen molar-refractivity contribution in [1.29, 1.82) is 0 Å². The van der Waals surface area contributed by atoms with Crippen molar-refractivity contribution < 1.29 is 29.2 Å². The standard InChI is InChI=1S/C81H162N6O6/c1-5-9-13-17-21-25-29-33-37-41-45-49-53-57-61-65-69-90-75-85(73-88)79-82-80(86(74-89)76-91-70-66-62-58-54-50-46-42-38-34-30-26-22-18-14-10-6-2)84-81(83-79)87(77-92-71-67-63-59-55-51-47-43-39-35-31-27-23-19-15-11-7-3)78-93-72-68-64-60-56-52-48-44-40-36-32-28-24-20-16-12-8-4/h88-89H,5-78H2,1-4H3. The summed E-state index contributed by atoms with van der Waals surface area (Å²) < 4.78 is 25.3. The first-order valence-electron chi connectivity index (χ1n) is 41.7. The van der Waals surface area contributed by atoms with Crippen LogP contribution in [0, 0.1) is 0 Å². The van der Waals surface area contributed by atoms with E-state index >= 15 is 0 Å². The fraction of sp³-hybridized carbons (Fsp3) is 0.963. The van der Waals surface area contributed by atoms with Crippen LogP contribution in [0.2, 0.25) is 0 Å². The highest BCUT2D eigenvalue weighted by Crippen LogP contribution is 2.23. The van der Waals surface area contributed by atoms with Crippen LogP contribution < -0.4 is 14.7 Å². The zero-order valence-corrected chi connectivity index (χ0v) is 63.0. The lowest BCUT2D eigenvalue weighted by atomic mass is 10.0. The molecule has 93 heavy (non-hydrogen) atoms. The number of hydrogen-bond donors (Lipinski definition) is 2. The van der Waals surface area contributed by atoms with Gasteiger partial charge in [0, 0.05) is 26.4 Å². The summed E-state index contributed by atoms with van der Waals surface area (Å²) in [4.78, 5) is 20.0. The van der Waals surface area contributed by atoms with Crippen LogP contribution in [-0.2, 0) is 18.9 Å². The van der Waals surface area contributed by atoms with Gasteiger partial charge in [-0.2, -0.15) is 15.0 Å². The van der Waals surface area contributed by atoms with Crippen LogP contribution in [-0.4, -0.2) is 92.0 Å². The highest BCUT2D eigenvalue weighted by Gasteiger charge is 2.21. The van der Waals surface area contributed by atoms with E-state index in [1.807, 2.05) is 4.90 Å². The van der Waals surface area contributed by atoms with E-state index in [-0.39, 0.29) is 52.3 Å². The van der Waals surface area contributed by atoms with Crippen LogP contribution in [0.3, 0.4) is 0 Å². The molecule has 0 saturated heterocycles. The molecule has 0 bridgehead atoms. The van der Waals surface area contributed by atoms with E-state index in [0.29, 0.717) is 32.4 Å². The van der Waals surface area contributed by atoms with Crippen LogP contribution >= 0.6 is 0 Å². The molecule has 0 saturated carbocycles. The Morgan fingerprint density at radius 1 is 0.194 bits per heavy atom. The van der Waals surface area contributed by atoms with Crippen molar-refractivity contribution in [3.63, 3.8) is 0 Å². The predicted octanol–water partition coefficient (Wildman–Crippen LogP) is 25.1. The van der Waals surface area contributed by atoms with Crippen molar-refractivity contribution in [2.45, 2.75) is 439 Å². The molecule has 0 spiro atoms. The zero-order valence-electron chi connectivity index (χ0n) is 63.0. The molecule has 1 aromatic rings. The molecule has 552 valence electrons. The number of aliphatic hydroxyl groups is 2. The van der Waals surface area contributed by atoms with E-state index < -0.39 is 0 Å². The molecule has 0 aliphatic heterocycles. The first-order valence-corrected chi connectivity index (χ1v) is 41.7. The van der Waals surface area contributed by atoms with Crippen LogP contribution in [0.5, 0.6) is 0 Å². The Labute approximate surface area is 579 Å². The minimum absolute atomic E-state index is 0.137. The van der Waals surface area contributed by atoms with Crippen molar-refractivity contribution in [2.75, 3.05) is 81.5 Å². The Balaban J connectivity index is 2.91. The van der Waals surface area contributed by atoms with Gasteiger partial charge < -0.3 is 29.2 Å². The van der Waals surface area contributed by atoms with Gasteiger partial charge in [-0.25, -0.2) is 0 Å². The molecule has 0 radical (unpaired) electrons. The molecule has 0 aliphatic carbocycles. The second-order valence-corrected chi connectivity index (χ2v) is 28.5. The van der Waals surface area contributed by atoms with Gasteiger partial charge in [0.25, 0.3) is 0 Å². The van der Waals surface area contributed by atoms with E-state index in [4.69, 9.17) is 33.9 Å². The van der Waals surface area contributed by atoms with Gasteiger partial charge in [0.1, 0.15) is 40.4 Å². The Kier molecular flexibility index (Phi) is 72.8. The van der Waals surface area contributed by atoms with Gasteiger partial charge in [0.15, 0.2) is 0 Å². The smallest absolute Gasteiger partial charge is 0.235 e. The average Bonchev–Trinajstić information content (AvgIpc) is 0.975. The Bertz CT molecular complexity index is 1460. The molecule has 0 atom stereocenters. The summed E-state index contributed by atoms with van der Waals surface area (Å²) in [6, 6.07) is 0. The van der Waals surface area contributed by atoms with E-state index in [1.165, 1.54) is 360 Å². The summed E-state index contributed by atoms with van der Waals surface area (Å²) in [6.07, 6.45) is 85.3. The van der Waals surface area contributed by atoms with Crippen molar-refractivity contribution in [3.8, 4) is 0 Å². The molecule has 0 fully saturated rings.